The number of rotatable bonds is 14. The highest BCUT2D eigenvalue weighted by atomic mass is 15.1. The molecule has 0 radical (unpaired) electrons. The molecule has 0 aliphatic carbocycles. The minimum absolute atomic E-state index is 0.929. The zero-order valence-electron chi connectivity index (χ0n) is 81.7. The van der Waals surface area contributed by atoms with Crippen LogP contribution < -0.4 is 0 Å². The van der Waals surface area contributed by atoms with Crippen molar-refractivity contribution in [2.75, 3.05) is 0 Å². The van der Waals surface area contributed by atoms with Crippen LogP contribution in [0.5, 0.6) is 0 Å². The summed E-state index contributed by atoms with van der Waals surface area (Å²) in [6.45, 7) is 25.8. The number of hydrogen-bond donors (Lipinski definition) is 0. The number of aromatic nitrogens is 10. The quantitative estimate of drug-likeness (QED) is 0.108. The van der Waals surface area contributed by atoms with Crippen LogP contribution in [0.2, 0.25) is 0 Å². The van der Waals surface area contributed by atoms with E-state index in [0.717, 1.165) is 129 Å². The number of fused-ring (bicyclic) bond motifs is 5. The molecular formula is C131H110N10. The molecule has 5 aromatic heterocycles. The van der Waals surface area contributed by atoms with Crippen LogP contribution in [-0.2, 0) is 0 Å². The van der Waals surface area contributed by atoms with E-state index in [1.807, 2.05) is 24.3 Å². The summed E-state index contributed by atoms with van der Waals surface area (Å²) in [5.41, 5.74) is 46.9. The summed E-state index contributed by atoms with van der Waals surface area (Å²) in [5.74, 6) is 4.89. The minimum Gasteiger partial charge on any atom is -0.292 e. The van der Waals surface area contributed by atoms with Gasteiger partial charge in [0, 0.05) is 38.9 Å². The molecule has 0 atom stereocenters. The Morgan fingerprint density at radius 3 is 0.723 bits per heavy atom. The first-order chi connectivity index (χ1) is 68.9. The SMILES string of the molecule is Cc1cc(C)c(-n2c(-c3ccccc3)nc3cc(C)ccc32)c(C)c1.Cc1ccc2c(c1)nc(-c1ccccc1)n2-c1c(C)cc(-c2ccccc2)cc1C.Cc1ccc2c(c1)nc(-c1ccccc1)n2-c1c(C)cccc1C.Cc1ccc2c(c1)nc(-c1ccccc1)n2-c1ccccc1C.c1ccc(-c2cc(-c3ccccc3)c(-n3c(-c4ccccc4)nc4ccccc43)c(-c3ccccc3)c2)cc1. The Hall–Kier alpha value is -17.5. The molecule has 0 aliphatic heterocycles. The number of nitrogens with zero attached hydrogens (tertiary/aromatic N) is 10. The topological polar surface area (TPSA) is 89.1 Å². The van der Waals surface area contributed by atoms with Crippen molar-refractivity contribution >= 4 is 55.2 Å². The van der Waals surface area contributed by atoms with Gasteiger partial charge in [-0.1, -0.05) is 363 Å². The number of benzene rings is 19. The third-order valence-electron chi connectivity index (χ3n) is 26.3. The van der Waals surface area contributed by atoms with E-state index in [1.54, 1.807) is 0 Å². The van der Waals surface area contributed by atoms with E-state index in [9.17, 15) is 0 Å². The molecule has 0 spiro atoms. The Labute approximate surface area is 825 Å². The number of imidazole rings is 5. The maximum atomic E-state index is 5.17. The van der Waals surface area contributed by atoms with Gasteiger partial charge < -0.3 is 0 Å². The molecule has 0 bridgehead atoms. The van der Waals surface area contributed by atoms with Crippen molar-refractivity contribution in [1.29, 1.82) is 0 Å². The van der Waals surface area contributed by atoms with E-state index in [1.165, 1.54) is 123 Å². The molecule has 684 valence electrons. The average Bonchev–Trinajstić information content (AvgIpc) is 1.61. The largest absolute Gasteiger partial charge is 0.292 e. The second kappa shape index (κ2) is 40.4. The summed E-state index contributed by atoms with van der Waals surface area (Å²) in [5, 5.41) is 0. The molecule has 0 unspecified atom stereocenters. The summed E-state index contributed by atoms with van der Waals surface area (Å²) < 4.78 is 11.6. The molecule has 5 heterocycles. The van der Waals surface area contributed by atoms with E-state index in [2.05, 4.69) is 531 Å². The Bertz CT molecular complexity index is 8490. The lowest BCUT2D eigenvalue weighted by Gasteiger charge is -2.21. The van der Waals surface area contributed by atoms with Gasteiger partial charge in [0.1, 0.15) is 29.1 Å². The molecule has 24 rings (SSSR count). The zero-order chi connectivity index (χ0) is 96.7. The van der Waals surface area contributed by atoms with E-state index in [0.29, 0.717) is 0 Å². The van der Waals surface area contributed by atoms with Crippen LogP contribution in [0, 0.1) is 83.1 Å². The maximum Gasteiger partial charge on any atom is 0.145 e. The summed E-state index contributed by atoms with van der Waals surface area (Å²) in [7, 11) is 0. The third kappa shape index (κ3) is 18.9. The van der Waals surface area contributed by atoms with Gasteiger partial charge in [-0.3, -0.25) is 22.8 Å². The van der Waals surface area contributed by atoms with Gasteiger partial charge in [-0.25, -0.2) is 24.9 Å². The Balaban J connectivity index is 0.000000110. The third-order valence-corrected chi connectivity index (χ3v) is 26.3. The first-order valence-electron chi connectivity index (χ1n) is 48.4. The Morgan fingerprint density at radius 2 is 0.383 bits per heavy atom. The Kier molecular flexibility index (Phi) is 26.2. The van der Waals surface area contributed by atoms with Crippen LogP contribution in [0.3, 0.4) is 0 Å². The van der Waals surface area contributed by atoms with Crippen LogP contribution in [0.15, 0.2) is 449 Å². The fraction of sp³-hybridized carbons (Fsp3) is 0.0916. The molecule has 10 heteroatoms. The molecule has 19 aromatic carbocycles. The number of para-hydroxylation sites is 4. The highest BCUT2D eigenvalue weighted by Crippen LogP contribution is 2.45. The summed E-state index contributed by atoms with van der Waals surface area (Å²) in [4.78, 5) is 25.1. The van der Waals surface area contributed by atoms with Crippen molar-refractivity contribution in [3.05, 3.63) is 516 Å². The lowest BCUT2D eigenvalue weighted by Crippen LogP contribution is -2.04. The molecule has 0 fully saturated rings. The van der Waals surface area contributed by atoms with E-state index < -0.39 is 0 Å². The van der Waals surface area contributed by atoms with E-state index in [4.69, 9.17) is 24.9 Å². The van der Waals surface area contributed by atoms with Gasteiger partial charge in [0.05, 0.1) is 83.6 Å². The predicted octanol–water partition coefficient (Wildman–Crippen LogP) is 33.8. The van der Waals surface area contributed by atoms with Gasteiger partial charge in [0.2, 0.25) is 0 Å². The minimum atomic E-state index is 0.929. The standard InChI is InChI=1S/C37H26N2.C28H24N2.C23H22N2.C22H20N2.C21H18N2/c1-5-15-27(16-6-1)31-25-32(28-17-7-2-8-18-28)36(33(26-31)29-19-9-3-10-20-29)39-35-24-14-13-23-34(35)38-37(39)30-21-11-4-12-22-30;1-19-14-15-26-25(16-19)29-28(23-12-8-5-9-13-23)30(26)27-20(2)17-24(18-21(27)3)22-10-6-4-7-11-22;1-15-10-11-21-20(14-15)24-23(19-8-6-5-7-9-19)25(21)22-17(3)12-16(2)13-18(22)4;1-15-12-13-20-19(14-15)23-22(18-10-5-4-6-11-18)24(20)21-16(2)8-7-9-17(21)3;1-15-12-13-20-18(14-15)22-21(17-9-4-3-5-10-17)23(20)19-11-7-6-8-16(19)2/h1-26H;4-18H,1-3H3;5-14H,1-4H3;4-14H,1-3H3;3-14H,1-2H3. The van der Waals surface area contributed by atoms with Crippen LogP contribution in [0.4, 0.5) is 0 Å². The molecule has 0 saturated carbocycles. The average molecular weight is 1820 g/mol. The van der Waals surface area contributed by atoms with Gasteiger partial charge in [0.25, 0.3) is 0 Å². The summed E-state index contributed by atoms with van der Waals surface area (Å²) in [6, 6.07) is 158. The molecular weight excluding hydrogens is 1710 g/mol. The predicted molar refractivity (Wildman–Crippen MR) is 591 cm³/mol. The van der Waals surface area contributed by atoms with Crippen molar-refractivity contribution in [3.63, 3.8) is 0 Å². The summed E-state index contributed by atoms with van der Waals surface area (Å²) in [6.07, 6.45) is 0. The molecule has 141 heavy (non-hydrogen) atoms. The molecule has 10 nitrogen and oxygen atoms in total. The van der Waals surface area contributed by atoms with Gasteiger partial charge >= 0.3 is 0 Å². The van der Waals surface area contributed by atoms with E-state index in [-0.39, 0.29) is 0 Å². The Morgan fingerprint density at radius 1 is 0.142 bits per heavy atom. The molecule has 0 saturated heterocycles. The lowest BCUT2D eigenvalue weighted by molar-refractivity contribution is 1.06. The molecule has 0 amide bonds. The normalized spacial score (nSPS) is 11.1. The van der Waals surface area contributed by atoms with Crippen LogP contribution in [-0.4, -0.2) is 47.8 Å². The number of hydrogen-bond acceptors (Lipinski definition) is 5. The fourth-order valence-electron chi connectivity index (χ4n) is 19.8. The first-order valence-corrected chi connectivity index (χ1v) is 48.4. The van der Waals surface area contributed by atoms with Crippen molar-refractivity contribution in [2.24, 2.45) is 0 Å². The molecule has 24 aromatic rings. The maximum absolute atomic E-state index is 5.17. The van der Waals surface area contributed by atoms with Gasteiger partial charge in [-0.2, -0.15) is 0 Å². The summed E-state index contributed by atoms with van der Waals surface area (Å²) >= 11 is 0. The van der Waals surface area contributed by atoms with E-state index >= 15 is 0 Å². The van der Waals surface area contributed by atoms with Gasteiger partial charge in [-0.15, -0.1) is 0 Å². The highest BCUT2D eigenvalue weighted by molar-refractivity contribution is 5.96. The fourth-order valence-corrected chi connectivity index (χ4v) is 19.8. The van der Waals surface area contributed by atoms with Crippen molar-refractivity contribution < 1.29 is 0 Å². The van der Waals surface area contributed by atoms with Gasteiger partial charge in [0.15, 0.2) is 0 Å². The van der Waals surface area contributed by atoms with Gasteiger partial charge in [-0.05, 0) is 269 Å². The van der Waals surface area contributed by atoms with Crippen LogP contribution in [0.25, 0.3) is 185 Å². The smallest absolute Gasteiger partial charge is 0.145 e. The number of aryl methyl sites for hydroxylation is 12. The van der Waals surface area contributed by atoms with Crippen LogP contribution in [0.1, 0.15) is 66.8 Å². The van der Waals surface area contributed by atoms with Crippen molar-refractivity contribution in [1.82, 2.24) is 47.8 Å². The van der Waals surface area contributed by atoms with Crippen LogP contribution >= 0.6 is 0 Å². The van der Waals surface area contributed by atoms with Crippen molar-refractivity contribution in [2.45, 2.75) is 83.1 Å². The second-order valence-corrected chi connectivity index (χ2v) is 36.8. The monoisotopic (exact) mass is 1820 g/mol. The van der Waals surface area contributed by atoms with Crippen molar-refractivity contribution in [3.8, 4) is 130 Å². The second-order valence-electron chi connectivity index (χ2n) is 36.8. The molecule has 0 N–H and O–H groups in total. The zero-order valence-corrected chi connectivity index (χ0v) is 81.7. The highest BCUT2D eigenvalue weighted by Gasteiger charge is 2.27. The lowest BCUT2D eigenvalue weighted by atomic mass is 9.90. The first kappa shape index (κ1) is 91.3. The molecule has 0 aliphatic rings.